The molecule has 17 heteroatoms. The smallest absolute Gasteiger partial charge is 0.422 e. The molecular weight excluding hydrogens is 629 g/mol. The summed E-state index contributed by atoms with van der Waals surface area (Å²) in [4.78, 5) is 30.0. The van der Waals surface area contributed by atoms with Crippen molar-refractivity contribution in [3.05, 3.63) is 61.4 Å². The van der Waals surface area contributed by atoms with Crippen LogP contribution in [0.5, 0.6) is 5.88 Å². The number of pyridine rings is 1. The van der Waals surface area contributed by atoms with Crippen LogP contribution < -0.4 is 19.9 Å². The number of carbonyl (C=O) groups excluding carboxylic acids is 1. The number of para-hydroxylation sites is 1. The van der Waals surface area contributed by atoms with Crippen molar-refractivity contribution in [2.24, 2.45) is 7.05 Å². The summed E-state index contributed by atoms with van der Waals surface area (Å²) in [5.74, 6) is -2.80. The molecule has 2 N–H and O–H groups in total. The van der Waals surface area contributed by atoms with E-state index in [4.69, 9.17) is 4.74 Å². The van der Waals surface area contributed by atoms with Crippen LogP contribution in [0.15, 0.2) is 61.4 Å². The maximum Gasteiger partial charge on any atom is 0.422 e. The number of carbonyl (C=O) groups is 1. The minimum atomic E-state index is -4.78. The minimum Gasteiger partial charge on any atom is -0.466 e. The Morgan fingerprint density at radius 2 is 1.87 bits per heavy atom. The van der Waals surface area contributed by atoms with Crippen molar-refractivity contribution in [1.82, 2.24) is 24.4 Å². The lowest BCUT2D eigenvalue weighted by Crippen LogP contribution is -2.37. The molecule has 0 saturated carbocycles. The van der Waals surface area contributed by atoms with Crippen LogP contribution in [0.4, 0.5) is 36.3 Å². The summed E-state index contributed by atoms with van der Waals surface area (Å²) in [7, 11) is 2.24. The van der Waals surface area contributed by atoms with Gasteiger partial charge in [0.05, 0.1) is 11.4 Å². The van der Waals surface area contributed by atoms with Gasteiger partial charge in [0.25, 0.3) is 16.0 Å². The zero-order valence-corrected chi connectivity index (χ0v) is 26.3. The van der Waals surface area contributed by atoms with Crippen molar-refractivity contribution in [2.75, 3.05) is 61.8 Å². The van der Waals surface area contributed by atoms with Crippen LogP contribution in [0.2, 0.25) is 0 Å². The first-order chi connectivity index (χ1) is 21.6. The molecule has 4 rings (SSSR count). The lowest BCUT2D eigenvalue weighted by molar-refractivity contribution is -0.153. The Bertz CT molecular complexity index is 1850. The first-order valence-corrected chi connectivity index (χ1v) is 15.3. The van der Waals surface area contributed by atoms with Gasteiger partial charge in [-0.15, -0.1) is 0 Å². The number of alkyl halides is 3. The summed E-state index contributed by atoms with van der Waals surface area (Å²) in [6.07, 6.45) is -0.574. The highest BCUT2D eigenvalue weighted by Gasteiger charge is 2.31. The second kappa shape index (κ2) is 13.7. The van der Waals surface area contributed by atoms with E-state index in [9.17, 15) is 30.9 Å². The van der Waals surface area contributed by atoms with E-state index >= 15 is 0 Å². The number of anilines is 4. The molecule has 0 fully saturated rings. The molecule has 0 unspecified atom stereocenters. The average Bonchev–Trinajstić information content (AvgIpc) is 3.33. The summed E-state index contributed by atoms with van der Waals surface area (Å²) < 4.78 is 80.5. The van der Waals surface area contributed by atoms with Gasteiger partial charge in [0, 0.05) is 56.0 Å². The quantitative estimate of drug-likeness (QED) is 0.158. The number of benzene rings is 1. The fourth-order valence-electron chi connectivity index (χ4n) is 4.52. The Labute approximate surface area is 263 Å². The summed E-state index contributed by atoms with van der Waals surface area (Å²) in [6, 6.07) is 10.5. The first-order valence-electron chi connectivity index (χ1n) is 13.7. The van der Waals surface area contributed by atoms with E-state index < -0.39 is 40.6 Å². The Morgan fingerprint density at radius 1 is 1.15 bits per heavy atom. The Morgan fingerprint density at radius 3 is 2.52 bits per heavy atom. The molecule has 4 aromatic rings. The van der Waals surface area contributed by atoms with Crippen molar-refractivity contribution < 1.29 is 35.7 Å². The van der Waals surface area contributed by atoms with Gasteiger partial charge < -0.3 is 24.4 Å². The summed E-state index contributed by atoms with van der Waals surface area (Å²) in [5.41, 5.74) is 1.83. The predicted octanol–water partition coefficient (Wildman–Crippen LogP) is 4.08. The van der Waals surface area contributed by atoms with Gasteiger partial charge in [-0.2, -0.15) is 26.6 Å². The maximum atomic E-state index is 13.3. The molecule has 0 spiro atoms. The highest BCUT2D eigenvalue weighted by atomic mass is 32.2. The van der Waals surface area contributed by atoms with Gasteiger partial charge in [-0.05, 0) is 38.4 Å². The number of hydrogen-bond donors (Lipinski definition) is 2. The van der Waals surface area contributed by atoms with Crippen molar-refractivity contribution >= 4 is 50.1 Å². The van der Waals surface area contributed by atoms with Crippen LogP contribution >= 0.6 is 0 Å². The first kappa shape index (κ1) is 34.1. The second-order valence-electron chi connectivity index (χ2n) is 10.6. The molecule has 0 aliphatic heterocycles. The van der Waals surface area contributed by atoms with Gasteiger partial charge in [0.15, 0.2) is 18.3 Å². The molecule has 1 amide bonds. The molecule has 246 valence electrons. The number of rotatable bonds is 13. The number of aryl methyl sites for hydroxylation is 1. The van der Waals surface area contributed by atoms with Crippen LogP contribution in [0.1, 0.15) is 0 Å². The van der Waals surface area contributed by atoms with Crippen molar-refractivity contribution in [1.29, 1.82) is 0 Å². The van der Waals surface area contributed by atoms with Crippen molar-refractivity contribution in [3.63, 3.8) is 0 Å². The molecule has 0 aliphatic rings. The lowest BCUT2D eigenvalue weighted by Gasteiger charge is -2.29. The number of aromatic nitrogens is 4. The van der Waals surface area contributed by atoms with Gasteiger partial charge >= 0.3 is 6.18 Å². The van der Waals surface area contributed by atoms with Crippen LogP contribution in [-0.4, -0.2) is 96.2 Å². The Balaban J connectivity index is 1.88. The van der Waals surface area contributed by atoms with E-state index in [0.717, 1.165) is 22.5 Å². The van der Waals surface area contributed by atoms with Gasteiger partial charge in [-0.25, -0.2) is 9.97 Å². The van der Waals surface area contributed by atoms with E-state index in [2.05, 4.69) is 26.8 Å². The molecule has 0 radical (unpaired) electrons. The molecular formula is C29H33F3N8O5S. The predicted molar refractivity (Wildman–Crippen MR) is 169 cm³/mol. The number of halogens is 3. The molecule has 3 aromatic heterocycles. The highest BCUT2D eigenvalue weighted by Crippen LogP contribution is 2.38. The topological polar surface area (TPSA) is 146 Å². The molecule has 46 heavy (non-hydrogen) atoms. The van der Waals surface area contributed by atoms with E-state index in [1.807, 2.05) is 47.0 Å². The fourth-order valence-corrected chi connectivity index (χ4v) is 5.11. The SMILES string of the molecule is C=CC(=O)N(CS(=O)(=O)O)c1cc(Nc2nccc(-c3cn(C)c4ccccc34)n2)c(OCC(F)(F)F)nc1N(C)CCN(C)C. The number of ether oxygens (including phenoxy) is 1. The zero-order valence-electron chi connectivity index (χ0n) is 25.5. The number of nitrogens with zero attached hydrogens (tertiary/aromatic N) is 7. The standard InChI is InChI=1S/C29H33F3N8O5S/c1-6-25(41)40(18-46(42,43)44)24-15-22(27(45-17-29(30,31)32)36-26(24)38(4)14-13-37(2)3)35-28-33-12-11-21(34-28)20-16-39(5)23-10-8-7-9-19(20)23/h6-12,15-16H,1,13-14,17-18H2,2-5H3,(H,33,34,35)(H,42,43,44). The lowest BCUT2D eigenvalue weighted by atomic mass is 10.1. The minimum absolute atomic E-state index is 0.0554. The molecule has 0 aliphatic carbocycles. The van der Waals surface area contributed by atoms with Crippen LogP contribution in [0.3, 0.4) is 0 Å². The molecule has 0 saturated heterocycles. The number of fused-ring (bicyclic) bond motifs is 1. The Hall–Kier alpha value is -4.74. The molecule has 0 atom stereocenters. The van der Waals surface area contributed by atoms with E-state index in [0.29, 0.717) is 17.1 Å². The molecule has 1 aromatic carbocycles. The van der Waals surface area contributed by atoms with E-state index in [1.165, 1.54) is 17.2 Å². The third-order valence-electron chi connectivity index (χ3n) is 6.66. The number of likely N-dealkylation sites (N-methyl/N-ethyl adjacent to an activating group) is 2. The summed E-state index contributed by atoms with van der Waals surface area (Å²) in [6.45, 7) is 2.42. The highest BCUT2D eigenvalue weighted by molar-refractivity contribution is 7.85. The number of amides is 1. The van der Waals surface area contributed by atoms with Crippen LogP contribution in [0, 0.1) is 0 Å². The van der Waals surface area contributed by atoms with Gasteiger partial charge in [-0.1, -0.05) is 24.8 Å². The normalized spacial score (nSPS) is 11.9. The summed E-state index contributed by atoms with van der Waals surface area (Å²) >= 11 is 0. The maximum absolute atomic E-state index is 13.3. The average molecular weight is 663 g/mol. The molecule has 13 nitrogen and oxygen atoms in total. The number of hydrogen-bond acceptors (Lipinski definition) is 10. The zero-order chi connectivity index (χ0) is 33.8. The molecule has 3 heterocycles. The third kappa shape index (κ3) is 8.49. The van der Waals surface area contributed by atoms with Crippen LogP contribution in [-0.2, 0) is 22.0 Å². The van der Waals surface area contributed by atoms with Gasteiger partial charge in [0.1, 0.15) is 5.69 Å². The van der Waals surface area contributed by atoms with Crippen molar-refractivity contribution in [3.8, 4) is 17.1 Å². The largest absolute Gasteiger partial charge is 0.466 e. The van der Waals surface area contributed by atoms with Gasteiger partial charge in [0.2, 0.25) is 11.8 Å². The van der Waals surface area contributed by atoms with E-state index in [1.54, 1.807) is 27.2 Å². The fraction of sp³-hybridized carbons (Fsp3) is 0.310. The van der Waals surface area contributed by atoms with Crippen molar-refractivity contribution in [2.45, 2.75) is 6.18 Å². The second-order valence-corrected chi connectivity index (χ2v) is 12.0. The van der Waals surface area contributed by atoms with Gasteiger partial charge in [-0.3, -0.25) is 14.2 Å². The third-order valence-corrected chi connectivity index (χ3v) is 7.25. The molecule has 0 bridgehead atoms. The Kier molecular flexibility index (Phi) is 10.2. The summed E-state index contributed by atoms with van der Waals surface area (Å²) in [5, 5.41) is 3.72. The van der Waals surface area contributed by atoms with Crippen LogP contribution in [0.25, 0.3) is 22.2 Å². The van der Waals surface area contributed by atoms with E-state index in [-0.39, 0.29) is 29.7 Å². The monoisotopic (exact) mass is 662 g/mol. The number of nitrogens with one attached hydrogen (secondary N) is 1.